The molecule has 9 heavy (non-hydrogen) atoms. The van der Waals surface area contributed by atoms with Gasteiger partial charge in [-0.3, -0.25) is 0 Å². The van der Waals surface area contributed by atoms with Crippen LogP contribution >= 0.6 is 11.6 Å². The summed E-state index contributed by atoms with van der Waals surface area (Å²) in [4.78, 5) is 0. The van der Waals surface area contributed by atoms with Gasteiger partial charge in [0.15, 0.2) is 0 Å². The summed E-state index contributed by atoms with van der Waals surface area (Å²) >= 11 is 6.12. The van der Waals surface area contributed by atoms with Gasteiger partial charge in [-0.1, -0.05) is 33.0 Å². The number of hydrogen-bond donors (Lipinski definition) is 0. The molecule has 1 atom stereocenters. The minimum atomic E-state index is -1.02. The molecule has 0 radical (unpaired) electrons. The van der Waals surface area contributed by atoms with Crippen LogP contribution in [-0.2, 0) is 0 Å². The third-order valence-electron chi connectivity index (χ3n) is 1.48. The van der Waals surface area contributed by atoms with E-state index in [1.54, 1.807) is 0 Å². The summed E-state index contributed by atoms with van der Waals surface area (Å²) in [5, 5.41) is 0.475. The van der Waals surface area contributed by atoms with E-state index in [9.17, 15) is 0 Å². The summed E-state index contributed by atoms with van der Waals surface area (Å²) in [6.07, 6.45) is 2.41. The predicted molar refractivity (Wildman–Crippen MR) is 47.9 cm³/mol. The fourth-order valence-electron chi connectivity index (χ4n) is 0.686. The molecular weight excluding hydrogens is 148 g/mol. The van der Waals surface area contributed by atoms with E-state index >= 15 is 0 Å². The summed E-state index contributed by atoms with van der Waals surface area (Å²) in [5.41, 5.74) is 0. The number of rotatable bonds is 3. The van der Waals surface area contributed by atoms with Gasteiger partial charge < -0.3 is 0 Å². The summed E-state index contributed by atoms with van der Waals surface area (Å²) in [6, 6.07) is 0. The van der Waals surface area contributed by atoms with Crippen LogP contribution in [0.15, 0.2) is 0 Å². The quantitative estimate of drug-likeness (QED) is 0.444. The van der Waals surface area contributed by atoms with E-state index in [1.807, 2.05) is 0 Å². The van der Waals surface area contributed by atoms with Crippen molar-refractivity contribution in [1.82, 2.24) is 0 Å². The molecule has 0 amide bonds. The topological polar surface area (TPSA) is 0 Å². The van der Waals surface area contributed by atoms with Crippen molar-refractivity contribution in [2.45, 2.75) is 44.4 Å². The smallest absolute Gasteiger partial charge is 0.0648 e. The Labute approximate surface area is 64.6 Å². The molecule has 0 aromatic rings. The molecule has 0 bridgehead atoms. The molecule has 0 aliphatic rings. The lowest BCUT2D eigenvalue weighted by molar-refractivity contribution is 0.841. The van der Waals surface area contributed by atoms with Crippen LogP contribution in [0, 0.1) is 0 Å². The summed E-state index contributed by atoms with van der Waals surface area (Å²) in [7, 11) is -1.02. The third-order valence-corrected chi connectivity index (χ3v) is 5.83. The van der Waals surface area contributed by atoms with Gasteiger partial charge in [0.1, 0.15) is 0 Å². The first-order valence-corrected chi connectivity index (χ1v) is 7.64. The Kier molecular flexibility index (Phi) is 3.82. The van der Waals surface area contributed by atoms with Crippen LogP contribution in [0.4, 0.5) is 0 Å². The number of hydrogen-bond acceptors (Lipinski definition) is 0. The maximum Gasteiger partial charge on any atom is 0.0648 e. The van der Waals surface area contributed by atoms with Crippen molar-refractivity contribution in [2.75, 3.05) is 0 Å². The molecule has 0 rings (SSSR count). The fraction of sp³-hybridized carbons (Fsp3) is 1.00. The van der Waals surface area contributed by atoms with Gasteiger partial charge in [0, 0.05) is 5.00 Å². The predicted octanol–water partition coefficient (Wildman–Crippen LogP) is 3.27. The van der Waals surface area contributed by atoms with Crippen molar-refractivity contribution in [3.8, 4) is 0 Å². The number of alkyl halides is 1. The maximum absolute atomic E-state index is 6.12. The Morgan fingerprint density at radius 3 is 1.89 bits per heavy atom. The summed E-state index contributed by atoms with van der Waals surface area (Å²) in [5.74, 6) is 0. The molecule has 0 heterocycles. The lowest BCUT2D eigenvalue weighted by Crippen LogP contribution is -2.33. The minimum Gasteiger partial charge on any atom is -0.127 e. The van der Waals surface area contributed by atoms with E-state index in [-0.39, 0.29) is 0 Å². The molecule has 0 aromatic heterocycles. The standard InChI is InChI=1S/C7H17ClSi/c1-5-6-7(8)9(2,3)4/h7H,5-6H2,1-4H3. The first-order chi connectivity index (χ1) is 3.98. The van der Waals surface area contributed by atoms with Gasteiger partial charge in [0.25, 0.3) is 0 Å². The van der Waals surface area contributed by atoms with E-state index < -0.39 is 8.07 Å². The zero-order valence-corrected chi connectivity index (χ0v) is 8.63. The molecule has 0 aromatic carbocycles. The Morgan fingerprint density at radius 2 is 1.78 bits per heavy atom. The van der Waals surface area contributed by atoms with Crippen LogP contribution in [0.1, 0.15) is 19.8 Å². The lowest BCUT2D eigenvalue weighted by atomic mass is 10.4. The Bertz CT molecular complexity index is 75.5. The first kappa shape index (κ1) is 9.51. The van der Waals surface area contributed by atoms with Gasteiger partial charge in [-0.2, -0.15) is 0 Å². The van der Waals surface area contributed by atoms with Crippen molar-refractivity contribution < 1.29 is 0 Å². The average Bonchev–Trinajstić information content (AvgIpc) is 1.64. The Hall–Kier alpha value is 0.507. The molecular formula is C7H17ClSi. The molecule has 1 unspecified atom stereocenters. The summed E-state index contributed by atoms with van der Waals surface area (Å²) in [6.45, 7) is 9.15. The second-order valence-corrected chi connectivity index (χ2v) is 9.94. The molecule has 0 spiro atoms. The van der Waals surface area contributed by atoms with E-state index in [0.717, 1.165) is 0 Å². The van der Waals surface area contributed by atoms with Crippen LogP contribution in [0.5, 0.6) is 0 Å². The fourth-order valence-corrected chi connectivity index (χ4v) is 2.06. The highest BCUT2D eigenvalue weighted by Crippen LogP contribution is 2.18. The van der Waals surface area contributed by atoms with Gasteiger partial charge in [-0.05, 0) is 6.42 Å². The van der Waals surface area contributed by atoms with Crippen molar-refractivity contribution in [3.63, 3.8) is 0 Å². The van der Waals surface area contributed by atoms with Crippen molar-refractivity contribution in [1.29, 1.82) is 0 Å². The summed E-state index contributed by atoms with van der Waals surface area (Å²) < 4.78 is 0. The van der Waals surface area contributed by atoms with Gasteiger partial charge in [0.2, 0.25) is 0 Å². The van der Waals surface area contributed by atoms with E-state index in [4.69, 9.17) is 11.6 Å². The first-order valence-electron chi connectivity index (χ1n) is 3.62. The van der Waals surface area contributed by atoms with Crippen LogP contribution in [0.3, 0.4) is 0 Å². The molecule has 0 saturated carbocycles. The number of halogens is 1. The van der Waals surface area contributed by atoms with Crippen LogP contribution < -0.4 is 0 Å². The largest absolute Gasteiger partial charge is 0.127 e. The Morgan fingerprint density at radius 1 is 1.33 bits per heavy atom. The molecule has 0 N–H and O–H groups in total. The molecule has 0 saturated heterocycles. The van der Waals surface area contributed by atoms with Crippen molar-refractivity contribution in [2.24, 2.45) is 0 Å². The molecule has 0 aliphatic carbocycles. The zero-order chi connectivity index (χ0) is 7.49. The minimum absolute atomic E-state index is 0.475. The van der Waals surface area contributed by atoms with Crippen LogP contribution in [0.25, 0.3) is 0 Å². The Balaban J connectivity index is 3.59. The van der Waals surface area contributed by atoms with E-state index in [0.29, 0.717) is 5.00 Å². The van der Waals surface area contributed by atoms with Crippen LogP contribution in [0.2, 0.25) is 19.6 Å². The van der Waals surface area contributed by atoms with Crippen molar-refractivity contribution >= 4 is 19.7 Å². The highest BCUT2D eigenvalue weighted by atomic mass is 35.5. The van der Waals surface area contributed by atoms with E-state index in [2.05, 4.69) is 26.6 Å². The molecule has 0 fully saturated rings. The molecule has 0 nitrogen and oxygen atoms in total. The van der Waals surface area contributed by atoms with Gasteiger partial charge in [0.05, 0.1) is 8.07 Å². The molecule has 56 valence electrons. The molecule has 2 heteroatoms. The second kappa shape index (κ2) is 3.62. The van der Waals surface area contributed by atoms with Crippen molar-refractivity contribution in [3.05, 3.63) is 0 Å². The third kappa shape index (κ3) is 3.99. The van der Waals surface area contributed by atoms with Crippen LogP contribution in [-0.4, -0.2) is 13.1 Å². The lowest BCUT2D eigenvalue weighted by Gasteiger charge is -2.21. The van der Waals surface area contributed by atoms with E-state index in [1.165, 1.54) is 12.8 Å². The molecule has 0 aliphatic heterocycles. The monoisotopic (exact) mass is 164 g/mol. The van der Waals surface area contributed by atoms with Gasteiger partial charge in [-0.15, -0.1) is 11.6 Å². The zero-order valence-electron chi connectivity index (χ0n) is 6.87. The second-order valence-electron chi connectivity index (χ2n) is 3.62. The SMILES string of the molecule is CCCC(Cl)[Si](C)(C)C. The maximum atomic E-state index is 6.12. The average molecular weight is 165 g/mol. The van der Waals surface area contributed by atoms with Gasteiger partial charge in [-0.25, -0.2) is 0 Å². The highest BCUT2D eigenvalue weighted by molar-refractivity contribution is 6.83. The normalized spacial score (nSPS) is 15.7. The van der Waals surface area contributed by atoms with Gasteiger partial charge >= 0.3 is 0 Å². The highest BCUT2D eigenvalue weighted by Gasteiger charge is 2.22.